The third-order valence-corrected chi connectivity index (χ3v) is 2.71. The zero-order valence-corrected chi connectivity index (χ0v) is 8.74. The second-order valence-electron chi connectivity index (χ2n) is 3.63. The topological polar surface area (TPSA) is 29.0 Å². The summed E-state index contributed by atoms with van der Waals surface area (Å²) >= 11 is 5.78. The van der Waals surface area contributed by atoms with Crippen LogP contribution in [0.3, 0.4) is 0 Å². The van der Waals surface area contributed by atoms with Gasteiger partial charge in [0.15, 0.2) is 0 Å². The molecule has 0 spiro atoms. The zero-order valence-electron chi connectivity index (χ0n) is 7.99. The molecule has 0 saturated carbocycles. The van der Waals surface area contributed by atoms with Crippen molar-refractivity contribution in [3.8, 4) is 0 Å². The molecule has 1 radical (unpaired) electrons. The fraction of sp³-hybridized carbons (Fsp3) is 0.500. The minimum absolute atomic E-state index is 0.458. The van der Waals surface area contributed by atoms with Crippen LogP contribution in [0.15, 0.2) is 12.4 Å². The SMILES string of the molecule is [CH2]C1CCN(c2cncc(Cl)n2)CC1. The summed E-state index contributed by atoms with van der Waals surface area (Å²) in [4.78, 5) is 10.5. The molecule has 0 N–H and O–H groups in total. The van der Waals surface area contributed by atoms with Gasteiger partial charge in [0.2, 0.25) is 0 Å². The molecule has 1 aliphatic rings. The van der Waals surface area contributed by atoms with E-state index in [1.54, 1.807) is 12.4 Å². The van der Waals surface area contributed by atoms with E-state index >= 15 is 0 Å². The van der Waals surface area contributed by atoms with Crippen molar-refractivity contribution in [1.29, 1.82) is 0 Å². The molecule has 0 aliphatic carbocycles. The molecule has 2 heterocycles. The Morgan fingerprint density at radius 2 is 2.07 bits per heavy atom. The van der Waals surface area contributed by atoms with Gasteiger partial charge < -0.3 is 4.90 Å². The minimum Gasteiger partial charge on any atom is -0.355 e. The van der Waals surface area contributed by atoms with E-state index in [1.807, 2.05) is 0 Å². The number of hydrogen-bond donors (Lipinski definition) is 0. The molecular formula is C10H13ClN3. The molecule has 0 bridgehead atoms. The van der Waals surface area contributed by atoms with E-state index in [2.05, 4.69) is 21.8 Å². The monoisotopic (exact) mass is 210 g/mol. The van der Waals surface area contributed by atoms with Crippen LogP contribution in [0.2, 0.25) is 5.15 Å². The Kier molecular flexibility index (Phi) is 2.87. The number of hydrogen-bond acceptors (Lipinski definition) is 3. The first-order valence-corrected chi connectivity index (χ1v) is 5.19. The van der Waals surface area contributed by atoms with E-state index in [9.17, 15) is 0 Å². The summed E-state index contributed by atoms with van der Waals surface area (Å²) < 4.78 is 0. The average Bonchev–Trinajstić information content (AvgIpc) is 2.19. The van der Waals surface area contributed by atoms with Crippen LogP contribution in [0, 0.1) is 12.8 Å². The summed E-state index contributed by atoms with van der Waals surface area (Å²) in [5.41, 5.74) is 0. The Balaban J connectivity index is 2.08. The van der Waals surface area contributed by atoms with Gasteiger partial charge in [0.25, 0.3) is 0 Å². The first kappa shape index (κ1) is 9.71. The van der Waals surface area contributed by atoms with Gasteiger partial charge in [0.05, 0.1) is 12.4 Å². The van der Waals surface area contributed by atoms with Gasteiger partial charge in [0.1, 0.15) is 11.0 Å². The van der Waals surface area contributed by atoms with Crippen LogP contribution in [0.1, 0.15) is 12.8 Å². The zero-order chi connectivity index (χ0) is 9.97. The van der Waals surface area contributed by atoms with Crippen LogP contribution in [-0.4, -0.2) is 23.1 Å². The number of halogens is 1. The van der Waals surface area contributed by atoms with Crippen molar-refractivity contribution in [2.45, 2.75) is 12.8 Å². The van der Waals surface area contributed by atoms with E-state index in [1.165, 1.54) is 0 Å². The van der Waals surface area contributed by atoms with Crippen molar-refractivity contribution in [2.24, 2.45) is 5.92 Å². The van der Waals surface area contributed by atoms with Crippen LogP contribution in [0.25, 0.3) is 0 Å². The van der Waals surface area contributed by atoms with Gasteiger partial charge in [-0.3, -0.25) is 4.98 Å². The maximum atomic E-state index is 5.78. The molecular weight excluding hydrogens is 198 g/mol. The maximum absolute atomic E-state index is 5.78. The quantitative estimate of drug-likeness (QED) is 0.712. The van der Waals surface area contributed by atoms with Crippen molar-refractivity contribution in [2.75, 3.05) is 18.0 Å². The third-order valence-electron chi connectivity index (χ3n) is 2.53. The Morgan fingerprint density at radius 3 is 2.71 bits per heavy atom. The molecule has 3 nitrogen and oxygen atoms in total. The van der Waals surface area contributed by atoms with Crippen LogP contribution < -0.4 is 4.90 Å². The van der Waals surface area contributed by atoms with Crippen LogP contribution in [0.5, 0.6) is 0 Å². The van der Waals surface area contributed by atoms with Crippen molar-refractivity contribution in [3.63, 3.8) is 0 Å². The molecule has 14 heavy (non-hydrogen) atoms. The largest absolute Gasteiger partial charge is 0.355 e. The highest BCUT2D eigenvalue weighted by atomic mass is 35.5. The van der Waals surface area contributed by atoms with Crippen LogP contribution >= 0.6 is 11.6 Å². The van der Waals surface area contributed by atoms with E-state index < -0.39 is 0 Å². The fourth-order valence-electron chi connectivity index (χ4n) is 1.65. The lowest BCUT2D eigenvalue weighted by molar-refractivity contribution is 0.473. The first-order chi connectivity index (χ1) is 6.75. The van der Waals surface area contributed by atoms with E-state index in [0.717, 1.165) is 31.7 Å². The summed E-state index contributed by atoms with van der Waals surface area (Å²) in [6, 6.07) is 0. The molecule has 0 amide bonds. The summed E-state index contributed by atoms with van der Waals surface area (Å²) in [6.45, 7) is 6.06. The van der Waals surface area contributed by atoms with Gasteiger partial charge in [-0.2, -0.15) is 0 Å². The van der Waals surface area contributed by atoms with E-state index in [-0.39, 0.29) is 0 Å². The van der Waals surface area contributed by atoms with E-state index in [4.69, 9.17) is 11.6 Å². The highest BCUT2D eigenvalue weighted by Crippen LogP contribution is 2.21. The lowest BCUT2D eigenvalue weighted by atomic mass is 9.99. The molecule has 0 unspecified atom stereocenters. The second kappa shape index (κ2) is 4.13. The van der Waals surface area contributed by atoms with Crippen LogP contribution in [0.4, 0.5) is 5.82 Å². The molecule has 1 saturated heterocycles. The molecule has 1 aliphatic heterocycles. The smallest absolute Gasteiger partial charge is 0.149 e. The molecule has 0 atom stereocenters. The van der Waals surface area contributed by atoms with Gasteiger partial charge in [0, 0.05) is 13.1 Å². The summed E-state index contributed by atoms with van der Waals surface area (Å²) in [5, 5.41) is 0.458. The Labute approximate surface area is 89.1 Å². The number of rotatable bonds is 1. The normalized spacial score (nSPS) is 18.6. The standard InChI is InChI=1S/C10H13ClN3/c1-8-2-4-14(5-3-8)10-7-12-6-9(11)13-10/h6-8H,1-5H2. The fourth-order valence-corrected chi connectivity index (χ4v) is 1.79. The van der Waals surface area contributed by atoms with Crippen molar-refractivity contribution in [3.05, 3.63) is 24.5 Å². The lowest BCUT2D eigenvalue weighted by Crippen LogP contribution is -2.33. The molecule has 1 aromatic rings. The maximum Gasteiger partial charge on any atom is 0.149 e. The molecule has 75 valence electrons. The molecule has 4 heteroatoms. The van der Waals surface area contributed by atoms with Gasteiger partial charge in [-0.05, 0) is 18.8 Å². The predicted octanol–water partition coefficient (Wildman–Crippen LogP) is 2.18. The highest BCUT2D eigenvalue weighted by Gasteiger charge is 2.17. The number of aromatic nitrogens is 2. The van der Waals surface area contributed by atoms with Crippen molar-refractivity contribution >= 4 is 17.4 Å². The summed E-state index contributed by atoms with van der Waals surface area (Å²) in [5.74, 6) is 1.46. The Bertz CT molecular complexity index is 308. The molecule has 1 aromatic heterocycles. The first-order valence-electron chi connectivity index (χ1n) is 4.81. The average molecular weight is 211 g/mol. The molecule has 0 aromatic carbocycles. The predicted molar refractivity (Wildman–Crippen MR) is 57.3 cm³/mol. The van der Waals surface area contributed by atoms with Crippen LogP contribution in [-0.2, 0) is 0 Å². The summed E-state index contributed by atoms with van der Waals surface area (Å²) in [6.07, 6.45) is 5.55. The number of anilines is 1. The Morgan fingerprint density at radius 1 is 1.36 bits per heavy atom. The second-order valence-corrected chi connectivity index (χ2v) is 4.02. The van der Waals surface area contributed by atoms with Crippen molar-refractivity contribution < 1.29 is 0 Å². The van der Waals surface area contributed by atoms with Gasteiger partial charge in [-0.15, -0.1) is 0 Å². The van der Waals surface area contributed by atoms with Gasteiger partial charge in [-0.25, -0.2) is 4.98 Å². The van der Waals surface area contributed by atoms with Crippen molar-refractivity contribution in [1.82, 2.24) is 9.97 Å². The lowest BCUT2D eigenvalue weighted by Gasteiger charge is -2.30. The minimum atomic E-state index is 0.458. The van der Waals surface area contributed by atoms with Gasteiger partial charge >= 0.3 is 0 Å². The molecule has 2 rings (SSSR count). The Hall–Kier alpha value is -0.830. The number of nitrogens with zero attached hydrogens (tertiary/aromatic N) is 3. The third kappa shape index (κ3) is 2.15. The van der Waals surface area contributed by atoms with E-state index in [0.29, 0.717) is 11.1 Å². The molecule has 1 fully saturated rings. The highest BCUT2D eigenvalue weighted by molar-refractivity contribution is 6.29. The number of piperidine rings is 1. The summed E-state index contributed by atoms with van der Waals surface area (Å²) in [7, 11) is 0. The van der Waals surface area contributed by atoms with Gasteiger partial charge in [-0.1, -0.05) is 18.5 Å².